The van der Waals surface area contributed by atoms with Crippen molar-refractivity contribution < 1.29 is 0 Å². The molecule has 0 amide bonds. The Hall–Kier alpha value is -1.21. The molecular formula is C19H22S. The van der Waals surface area contributed by atoms with Crippen LogP contribution in [0.4, 0.5) is 0 Å². The van der Waals surface area contributed by atoms with E-state index in [9.17, 15) is 0 Å². The Kier molecular flexibility index (Phi) is 4.16. The molecule has 3 rings (SSSR count). The third kappa shape index (κ3) is 2.93. The molecule has 3 aliphatic rings. The van der Waals surface area contributed by atoms with Crippen LogP contribution < -0.4 is 0 Å². The van der Waals surface area contributed by atoms with Crippen molar-refractivity contribution in [2.24, 2.45) is 11.8 Å². The standard InChI is InChI=1S/C19H22S/c1-14-9-11-15(12-10-14)16-5-4-6-17(13-16)18-7-2-3-8-19(18)20/h2-3,5,7-9,11-14,18-20H,4,6,10H2,1H3. The van der Waals surface area contributed by atoms with Gasteiger partial charge in [-0.2, -0.15) is 12.6 Å². The van der Waals surface area contributed by atoms with Crippen molar-refractivity contribution in [1.82, 2.24) is 0 Å². The van der Waals surface area contributed by atoms with Crippen LogP contribution >= 0.6 is 12.6 Å². The van der Waals surface area contributed by atoms with Crippen LogP contribution in [-0.2, 0) is 0 Å². The van der Waals surface area contributed by atoms with E-state index in [-0.39, 0.29) is 0 Å². The van der Waals surface area contributed by atoms with Crippen molar-refractivity contribution in [1.29, 1.82) is 0 Å². The molecule has 3 atom stereocenters. The predicted octanol–water partition coefficient (Wildman–Crippen LogP) is 5.20. The van der Waals surface area contributed by atoms with Crippen LogP contribution in [0.3, 0.4) is 0 Å². The Labute approximate surface area is 127 Å². The molecule has 0 radical (unpaired) electrons. The summed E-state index contributed by atoms with van der Waals surface area (Å²) in [5.41, 5.74) is 4.32. The Morgan fingerprint density at radius 1 is 1.05 bits per heavy atom. The zero-order valence-electron chi connectivity index (χ0n) is 12.0. The highest BCUT2D eigenvalue weighted by Gasteiger charge is 2.21. The van der Waals surface area contributed by atoms with Gasteiger partial charge in [-0.1, -0.05) is 67.2 Å². The highest BCUT2D eigenvalue weighted by Crippen LogP contribution is 2.34. The van der Waals surface area contributed by atoms with Gasteiger partial charge in [0.05, 0.1) is 0 Å². The summed E-state index contributed by atoms with van der Waals surface area (Å²) in [7, 11) is 0. The summed E-state index contributed by atoms with van der Waals surface area (Å²) in [4.78, 5) is 0. The molecule has 0 aromatic rings. The summed E-state index contributed by atoms with van der Waals surface area (Å²) in [5, 5.41) is 0.321. The summed E-state index contributed by atoms with van der Waals surface area (Å²) in [6.07, 6.45) is 24.0. The Morgan fingerprint density at radius 3 is 2.65 bits per heavy atom. The van der Waals surface area contributed by atoms with E-state index in [1.165, 1.54) is 16.7 Å². The normalized spacial score (nSPS) is 32.7. The van der Waals surface area contributed by atoms with Crippen LogP contribution in [0.5, 0.6) is 0 Å². The largest absolute Gasteiger partial charge is 0.171 e. The molecule has 0 bridgehead atoms. The lowest BCUT2D eigenvalue weighted by Crippen LogP contribution is -2.16. The molecule has 0 heterocycles. The molecule has 0 aromatic carbocycles. The Balaban J connectivity index is 1.81. The first-order chi connectivity index (χ1) is 9.74. The van der Waals surface area contributed by atoms with Gasteiger partial charge in [-0.25, -0.2) is 0 Å². The van der Waals surface area contributed by atoms with Gasteiger partial charge >= 0.3 is 0 Å². The lowest BCUT2D eigenvalue weighted by atomic mass is 9.82. The third-order valence-electron chi connectivity index (χ3n) is 4.32. The van der Waals surface area contributed by atoms with Crippen LogP contribution in [0, 0.1) is 11.8 Å². The number of rotatable bonds is 2. The molecule has 0 spiro atoms. The second-order valence-electron chi connectivity index (χ2n) is 5.94. The number of allylic oxidation sites excluding steroid dienone is 11. The minimum Gasteiger partial charge on any atom is -0.171 e. The summed E-state index contributed by atoms with van der Waals surface area (Å²) in [5.74, 6) is 1.14. The molecule has 1 heteroatoms. The SMILES string of the molecule is CC1C=CC(C2=CCCC(C3C=CC=CC3S)=C2)=CC1. The van der Waals surface area contributed by atoms with E-state index in [2.05, 4.69) is 61.6 Å². The van der Waals surface area contributed by atoms with Gasteiger partial charge in [0.15, 0.2) is 0 Å². The highest BCUT2D eigenvalue weighted by atomic mass is 32.1. The fraction of sp³-hybridized carbons (Fsp3) is 0.368. The zero-order valence-corrected chi connectivity index (χ0v) is 12.9. The van der Waals surface area contributed by atoms with Crippen LogP contribution in [0.25, 0.3) is 0 Å². The van der Waals surface area contributed by atoms with Crippen molar-refractivity contribution in [3.63, 3.8) is 0 Å². The summed E-state index contributed by atoms with van der Waals surface area (Å²) < 4.78 is 0. The molecule has 0 nitrogen and oxygen atoms in total. The second kappa shape index (κ2) is 6.05. The summed E-state index contributed by atoms with van der Waals surface area (Å²) in [6, 6.07) is 0. The molecule has 104 valence electrons. The van der Waals surface area contributed by atoms with E-state index >= 15 is 0 Å². The molecule has 0 N–H and O–H groups in total. The van der Waals surface area contributed by atoms with Gasteiger partial charge in [0.25, 0.3) is 0 Å². The molecular weight excluding hydrogens is 260 g/mol. The first-order valence-electron chi connectivity index (χ1n) is 7.56. The summed E-state index contributed by atoms with van der Waals surface area (Å²) >= 11 is 4.71. The van der Waals surface area contributed by atoms with E-state index in [1.54, 1.807) is 0 Å². The van der Waals surface area contributed by atoms with Gasteiger partial charge in [0.1, 0.15) is 0 Å². The molecule has 3 aliphatic carbocycles. The monoisotopic (exact) mass is 282 g/mol. The van der Waals surface area contributed by atoms with Gasteiger partial charge in [0.2, 0.25) is 0 Å². The third-order valence-corrected chi connectivity index (χ3v) is 4.81. The van der Waals surface area contributed by atoms with Crippen molar-refractivity contribution in [3.8, 4) is 0 Å². The first kappa shape index (κ1) is 13.8. The molecule has 0 saturated heterocycles. The van der Waals surface area contributed by atoms with E-state index < -0.39 is 0 Å². The van der Waals surface area contributed by atoms with Crippen molar-refractivity contribution >= 4 is 12.6 Å². The maximum Gasteiger partial charge on any atom is 0.0300 e. The molecule has 20 heavy (non-hydrogen) atoms. The Bertz CT molecular complexity index is 554. The predicted molar refractivity (Wildman–Crippen MR) is 90.9 cm³/mol. The van der Waals surface area contributed by atoms with Gasteiger partial charge < -0.3 is 0 Å². The number of hydrogen-bond donors (Lipinski definition) is 1. The average Bonchev–Trinajstić information content (AvgIpc) is 2.49. The van der Waals surface area contributed by atoms with Crippen LogP contribution in [0.15, 0.2) is 71.4 Å². The maximum atomic E-state index is 4.71. The first-order valence-corrected chi connectivity index (χ1v) is 8.08. The second-order valence-corrected chi connectivity index (χ2v) is 6.53. The quantitative estimate of drug-likeness (QED) is 0.662. The zero-order chi connectivity index (χ0) is 13.9. The van der Waals surface area contributed by atoms with E-state index in [4.69, 9.17) is 12.6 Å². The van der Waals surface area contributed by atoms with Crippen LogP contribution in [-0.4, -0.2) is 5.25 Å². The fourth-order valence-electron chi connectivity index (χ4n) is 3.07. The van der Waals surface area contributed by atoms with Crippen LogP contribution in [0.1, 0.15) is 26.2 Å². The Morgan fingerprint density at radius 2 is 1.90 bits per heavy atom. The molecule has 3 unspecified atom stereocenters. The summed E-state index contributed by atoms with van der Waals surface area (Å²) in [6.45, 7) is 2.27. The molecule has 0 aromatic heterocycles. The van der Waals surface area contributed by atoms with Gasteiger partial charge in [-0.3, -0.25) is 0 Å². The highest BCUT2D eigenvalue weighted by molar-refractivity contribution is 7.81. The minimum atomic E-state index is 0.321. The average molecular weight is 282 g/mol. The van der Waals surface area contributed by atoms with Gasteiger partial charge in [0, 0.05) is 11.2 Å². The van der Waals surface area contributed by atoms with Crippen molar-refractivity contribution in [2.75, 3.05) is 0 Å². The lowest BCUT2D eigenvalue weighted by Gasteiger charge is -2.26. The maximum absolute atomic E-state index is 4.71. The van der Waals surface area contributed by atoms with Gasteiger partial charge in [-0.05, 0) is 36.3 Å². The van der Waals surface area contributed by atoms with Crippen LogP contribution in [0.2, 0.25) is 0 Å². The fourth-order valence-corrected chi connectivity index (χ4v) is 3.46. The molecule has 0 fully saturated rings. The van der Waals surface area contributed by atoms with E-state index in [0.29, 0.717) is 17.1 Å². The van der Waals surface area contributed by atoms with Gasteiger partial charge in [-0.15, -0.1) is 0 Å². The number of hydrogen-bond acceptors (Lipinski definition) is 1. The topological polar surface area (TPSA) is 0 Å². The minimum absolute atomic E-state index is 0.321. The van der Waals surface area contributed by atoms with Crippen molar-refractivity contribution in [2.45, 2.75) is 31.4 Å². The van der Waals surface area contributed by atoms with Crippen molar-refractivity contribution in [3.05, 3.63) is 71.4 Å². The molecule has 0 saturated carbocycles. The smallest absolute Gasteiger partial charge is 0.0300 e. The number of thiol groups is 1. The van der Waals surface area contributed by atoms with E-state index in [1.807, 2.05) is 0 Å². The van der Waals surface area contributed by atoms with E-state index in [0.717, 1.165) is 19.3 Å². The lowest BCUT2D eigenvalue weighted by molar-refractivity contribution is 0.719. The molecule has 0 aliphatic heterocycles.